The third-order valence-corrected chi connectivity index (χ3v) is 6.92. The van der Waals surface area contributed by atoms with E-state index in [-0.39, 0.29) is 5.92 Å². The van der Waals surface area contributed by atoms with E-state index in [0.29, 0.717) is 16.3 Å². The molecule has 1 fully saturated rings. The van der Waals surface area contributed by atoms with Crippen LogP contribution in [0.4, 0.5) is 10.9 Å². The summed E-state index contributed by atoms with van der Waals surface area (Å²) < 4.78 is 0. The lowest BCUT2D eigenvalue weighted by atomic mass is 9.81. The first-order valence-corrected chi connectivity index (χ1v) is 11.3. The molecule has 1 atom stereocenters. The first kappa shape index (κ1) is 20.5. The molecule has 1 aliphatic heterocycles. The van der Waals surface area contributed by atoms with Crippen molar-refractivity contribution in [2.45, 2.75) is 38.5 Å². The zero-order chi connectivity index (χ0) is 21.1. The number of hydrogen-bond donors (Lipinski definition) is 3. The summed E-state index contributed by atoms with van der Waals surface area (Å²) in [7, 11) is 0. The number of aryl methyl sites for hydroxylation is 1. The van der Waals surface area contributed by atoms with Crippen LogP contribution in [0.5, 0.6) is 0 Å². The maximum absolute atomic E-state index is 9.56. The summed E-state index contributed by atoms with van der Waals surface area (Å²) in [5, 5.41) is 22.3. The molecule has 156 valence electrons. The quantitative estimate of drug-likeness (QED) is 0.652. The number of nitrogens with zero attached hydrogens (tertiary/aromatic N) is 4. The Bertz CT molecular complexity index is 1010. The van der Waals surface area contributed by atoms with Crippen LogP contribution >= 0.6 is 11.3 Å². The largest absolute Gasteiger partial charge is 0.389 e. The van der Waals surface area contributed by atoms with Gasteiger partial charge in [0.25, 0.3) is 0 Å². The zero-order valence-electron chi connectivity index (χ0n) is 17.2. The number of hydrogen-bond acceptors (Lipinski definition) is 8. The van der Waals surface area contributed by atoms with Crippen molar-refractivity contribution >= 4 is 33.6 Å². The Hall–Kier alpha value is -2.76. The molecule has 1 aliphatic carbocycles. The van der Waals surface area contributed by atoms with E-state index < -0.39 is 0 Å². The summed E-state index contributed by atoms with van der Waals surface area (Å²) in [4.78, 5) is 12.6. The van der Waals surface area contributed by atoms with Crippen molar-refractivity contribution < 1.29 is 0 Å². The Morgan fingerprint density at radius 2 is 2.27 bits per heavy atom. The SMILES string of the molecule is C/C(=C\C(=N)[C@H]1CCCc2sc(N)c(C#N)c21)c1ccnc(N2CCCNCC2)n1. The van der Waals surface area contributed by atoms with Crippen LogP contribution < -0.4 is 16.0 Å². The summed E-state index contributed by atoms with van der Waals surface area (Å²) >= 11 is 1.50. The van der Waals surface area contributed by atoms with Gasteiger partial charge in [-0.15, -0.1) is 11.3 Å². The van der Waals surface area contributed by atoms with Crippen LogP contribution in [0.2, 0.25) is 0 Å². The molecule has 0 radical (unpaired) electrons. The highest BCUT2D eigenvalue weighted by atomic mass is 32.1. The number of thiophene rings is 1. The minimum atomic E-state index is -0.0788. The van der Waals surface area contributed by atoms with Gasteiger partial charge in [-0.25, -0.2) is 9.97 Å². The van der Waals surface area contributed by atoms with E-state index in [9.17, 15) is 5.26 Å². The lowest BCUT2D eigenvalue weighted by Crippen LogP contribution is -2.29. The molecule has 7 nitrogen and oxygen atoms in total. The van der Waals surface area contributed by atoms with Crippen LogP contribution in [-0.4, -0.2) is 41.9 Å². The predicted molar refractivity (Wildman–Crippen MR) is 122 cm³/mol. The van der Waals surface area contributed by atoms with Crippen molar-refractivity contribution in [1.29, 1.82) is 10.7 Å². The highest BCUT2D eigenvalue weighted by Crippen LogP contribution is 2.42. The third-order valence-electron chi connectivity index (χ3n) is 5.82. The van der Waals surface area contributed by atoms with Crippen molar-refractivity contribution in [3.05, 3.63) is 40.0 Å². The maximum Gasteiger partial charge on any atom is 0.225 e. The van der Waals surface area contributed by atoms with Crippen LogP contribution in [0.25, 0.3) is 5.57 Å². The van der Waals surface area contributed by atoms with Gasteiger partial charge in [-0.3, -0.25) is 0 Å². The average molecular weight is 422 g/mol. The van der Waals surface area contributed by atoms with Gasteiger partial charge in [0.1, 0.15) is 11.1 Å². The summed E-state index contributed by atoms with van der Waals surface area (Å²) in [6, 6.07) is 4.16. The molecule has 0 amide bonds. The van der Waals surface area contributed by atoms with Gasteiger partial charge in [-0.1, -0.05) is 0 Å². The van der Waals surface area contributed by atoms with E-state index in [1.807, 2.05) is 19.1 Å². The third kappa shape index (κ3) is 4.09. The fourth-order valence-electron chi connectivity index (χ4n) is 4.28. The molecule has 0 saturated carbocycles. The van der Waals surface area contributed by atoms with Crippen LogP contribution in [0.1, 0.15) is 53.8 Å². The minimum absolute atomic E-state index is 0.0788. The maximum atomic E-state index is 9.56. The van der Waals surface area contributed by atoms with Crippen molar-refractivity contribution in [2.24, 2.45) is 0 Å². The first-order valence-electron chi connectivity index (χ1n) is 10.5. The molecule has 2 aromatic heterocycles. The Morgan fingerprint density at radius 1 is 1.40 bits per heavy atom. The van der Waals surface area contributed by atoms with Gasteiger partial charge in [0.2, 0.25) is 5.95 Å². The Morgan fingerprint density at radius 3 is 3.10 bits per heavy atom. The molecule has 0 unspecified atom stereocenters. The fraction of sp³-hybridized carbons (Fsp3) is 0.455. The molecular weight excluding hydrogens is 394 g/mol. The van der Waals surface area contributed by atoms with Crippen LogP contribution in [0.3, 0.4) is 0 Å². The lowest BCUT2D eigenvalue weighted by molar-refractivity contribution is 0.658. The van der Waals surface area contributed by atoms with E-state index in [2.05, 4.69) is 21.3 Å². The fourth-order valence-corrected chi connectivity index (χ4v) is 5.40. The van der Waals surface area contributed by atoms with Crippen molar-refractivity contribution in [2.75, 3.05) is 36.8 Å². The molecule has 4 rings (SSSR count). The van der Waals surface area contributed by atoms with Gasteiger partial charge in [-0.05, 0) is 62.4 Å². The second-order valence-corrected chi connectivity index (χ2v) is 8.99. The highest BCUT2D eigenvalue weighted by molar-refractivity contribution is 7.16. The van der Waals surface area contributed by atoms with Crippen molar-refractivity contribution in [3.63, 3.8) is 0 Å². The van der Waals surface area contributed by atoms with Gasteiger partial charge in [-0.2, -0.15) is 5.26 Å². The molecule has 4 N–H and O–H groups in total. The van der Waals surface area contributed by atoms with Crippen LogP contribution in [0.15, 0.2) is 18.3 Å². The molecule has 1 saturated heterocycles. The monoisotopic (exact) mass is 421 g/mol. The number of nitrogens with two attached hydrogens (primary N) is 1. The number of aromatic nitrogens is 2. The second-order valence-electron chi connectivity index (χ2n) is 7.85. The standard InChI is InChI=1S/C22H27N7S/c1-14(18-6-8-27-22(28-18)29-10-3-7-26-9-11-29)12-17(24)15-4-2-5-19-20(15)16(13-23)21(25)30-19/h6,8,12,15,24,26H,2-5,7,9-11,25H2,1H3/b14-12+,24-17?/t15-/m1/s1. The number of allylic oxidation sites excluding steroid dienone is 2. The van der Waals surface area contributed by atoms with E-state index in [0.717, 1.165) is 79.5 Å². The predicted octanol–water partition coefficient (Wildman–Crippen LogP) is 3.33. The van der Waals surface area contributed by atoms with Gasteiger partial charge >= 0.3 is 0 Å². The molecular formula is C22H27N7S. The Kier molecular flexibility index (Phi) is 6.11. The molecule has 0 aromatic carbocycles. The number of nitriles is 1. The molecule has 2 aliphatic rings. The Labute approximate surface area is 181 Å². The summed E-state index contributed by atoms with van der Waals surface area (Å²) in [5.41, 5.74) is 9.89. The van der Waals surface area contributed by atoms with Gasteiger partial charge < -0.3 is 21.4 Å². The van der Waals surface area contributed by atoms with E-state index in [1.54, 1.807) is 6.20 Å². The zero-order valence-corrected chi connectivity index (χ0v) is 18.1. The van der Waals surface area contributed by atoms with Gasteiger partial charge in [0.15, 0.2) is 0 Å². The molecule has 3 heterocycles. The first-order chi connectivity index (χ1) is 14.6. The molecule has 0 bridgehead atoms. The van der Waals surface area contributed by atoms with E-state index >= 15 is 0 Å². The normalized spacial score (nSPS) is 19.7. The average Bonchev–Trinajstić information content (AvgIpc) is 2.92. The number of nitrogens with one attached hydrogen (secondary N) is 2. The summed E-state index contributed by atoms with van der Waals surface area (Å²) in [6.45, 7) is 5.77. The molecule has 0 spiro atoms. The minimum Gasteiger partial charge on any atom is -0.389 e. The highest BCUT2D eigenvalue weighted by Gasteiger charge is 2.29. The van der Waals surface area contributed by atoms with Crippen molar-refractivity contribution in [1.82, 2.24) is 15.3 Å². The Balaban J connectivity index is 1.58. The number of nitrogen functional groups attached to an aromatic ring is 1. The smallest absolute Gasteiger partial charge is 0.225 e. The van der Waals surface area contributed by atoms with E-state index in [4.69, 9.17) is 16.1 Å². The molecule has 30 heavy (non-hydrogen) atoms. The number of rotatable bonds is 4. The molecule has 8 heteroatoms. The number of anilines is 2. The topological polar surface area (TPSA) is 115 Å². The number of fused-ring (bicyclic) bond motifs is 1. The molecule has 2 aromatic rings. The van der Waals surface area contributed by atoms with Crippen molar-refractivity contribution in [3.8, 4) is 6.07 Å². The van der Waals surface area contributed by atoms with Gasteiger partial charge in [0, 0.05) is 42.3 Å². The van der Waals surface area contributed by atoms with E-state index in [1.165, 1.54) is 11.3 Å². The van der Waals surface area contributed by atoms with Gasteiger partial charge in [0.05, 0.1) is 11.3 Å². The second kappa shape index (κ2) is 8.94. The lowest BCUT2D eigenvalue weighted by Gasteiger charge is -2.23. The summed E-state index contributed by atoms with van der Waals surface area (Å²) in [5.74, 6) is 0.665. The summed E-state index contributed by atoms with van der Waals surface area (Å²) in [6.07, 6.45) is 7.59. The van der Waals surface area contributed by atoms with Crippen LogP contribution in [0, 0.1) is 16.7 Å². The van der Waals surface area contributed by atoms with Crippen LogP contribution in [-0.2, 0) is 6.42 Å².